The van der Waals surface area contributed by atoms with Crippen LogP contribution < -0.4 is 10.9 Å². The number of ketones is 2. The number of nitrogens with one attached hydrogen (secondary N) is 5. The first-order valence-electron chi connectivity index (χ1n) is 29.5. The number of aryl methyl sites for hydroxylation is 5. The van der Waals surface area contributed by atoms with E-state index in [1.807, 2.05) is 110 Å². The van der Waals surface area contributed by atoms with Crippen LogP contribution in [-0.4, -0.2) is 162 Å². The van der Waals surface area contributed by atoms with E-state index in [1.54, 1.807) is 18.6 Å². The molecule has 0 radical (unpaired) electrons. The van der Waals surface area contributed by atoms with Crippen LogP contribution in [0.1, 0.15) is 139 Å². The molecule has 5 fully saturated rings. The van der Waals surface area contributed by atoms with Gasteiger partial charge in [0.2, 0.25) is 0 Å². The number of H-pyrrole nitrogens is 5. The fourth-order valence-electron chi connectivity index (χ4n) is 9.82. The molecule has 0 amide bonds. The number of aromatic amines is 5. The summed E-state index contributed by atoms with van der Waals surface area (Å²) in [5.41, 5.74) is 13.8. The summed E-state index contributed by atoms with van der Waals surface area (Å²) in [6, 6.07) is 8.75. The van der Waals surface area contributed by atoms with Crippen molar-refractivity contribution in [3.05, 3.63) is 121 Å². The number of pyridine rings is 2. The third-order valence-corrected chi connectivity index (χ3v) is 18.7. The van der Waals surface area contributed by atoms with Gasteiger partial charge < -0.3 is 42.8 Å². The summed E-state index contributed by atoms with van der Waals surface area (Å²) in [5.74, 6) is 0.00169. The van der Waals surface area contributed by atoms with Crippen LogP contribution in [0.25, 0.3) is 33.3 Å². The standard InChI is InChI=1S/C21H22N6O2.C14H13IN4O.C13H21BN2O3.C10H17BN2O2.C3H5IO/c1-11-12(2)24-25-20(11)19(28)5-14-4-15-6-18(23-21(15)22-7-14)17-8-27(26-13(17)3)16-9-29-10-16;1-7-8(2)18-19-13(7)11(20)4-9-3-10-5-12(15)17-14(10)16-6-9;1-9-11(6-16(15-9)10-7-17-8-10)14-18-12(2,3)13(4,5)19-14;1-7-8(6-12-13-7)11-14-9(2,3)10(4,5)15-11;4-3-1-5-2-3/h4,6-8,16H,5,9-10H2,1-3H3,(H,22,23)(H,24,25);3,5-6H,4H2,1-2H3,(H,16,17)(H,18,19);6,10H,7-8H2,1-5H3;6H,1-5H3,(H,12,13);3H,1-2H2. The molecule has 5 N–H and O–H groups in total. The van der Waals surface area contributed by atoms with Gasteiger partial charge in [-0.2, -0.15) is 25.5 Å². The minimum Gasteiger partial charge on any atom is -0.399 e. The number of nitrogens with zero attached hydrogens (tertiary/aromatic N) is 9. The van der Waals surface area contributed by atoms with Crippen molar-refractivity contribution in [3.8, 4) is 11.3 Å². The van der Waals surface area contributed by atoms with Crippen molar-refractivity contribution in [2.75, 3.05) is 39.6 Å². The number of halogens is 2. The molecule has 0 bridgehead atoms. The lowest BCUT2D eigenvalue weighted by Gasteiger charge is -2.32. The second-order valence-corrected chi connectivity index (χ2v) is 28.0. The molecule has 5 aliphatic heterocycles. The maximum absolute atomic E-state index is 12.6. The molecule has 0 atom stereocenters. The van der Waals surface area contributed by atoms with Gasteiger partial charge in [-0.3, -0.25) is 34.2 Å². The molecule has 9 aromatic heterocycles. The molecule has 5 aliphatic rings. The number of aromatic nitrogens is 14. The van der Waals surface area contributed by atoms with Gasteiger partial charge in [0, 0.05) is 99.3 Å². The summed E-state index contributed by atoms with van der Waals surface area (Å²) in [7, 11) is -0.645. The van der Waals surface area contributed by atoms with E-state index in [2.05, 4.69) is 146 Å². The molecular formula is C61H78B2I2N14O9. The van der Waals surface area contributed by atoms with Gasteiger partial charge in [0.1, 0.15) is 22.7 Å². The first kappa shape index (κ1) is 65.0. The number of carbonyl (C=O) groups excluding carboxylic acids is 2. The van der Waals surface area contributed by atoms with Crippen molar-refractivity contribution >= 4 is 104 Å². The molecule has 88 heavy (non-hydrogen) atoms. The number of fused-ring (bicyclic) bond motifs is 2. The van der Waals surface area contributed by atoms with Gasteiger partial charge in [0.25, 0.3) is 0 Å². The van der Waals surface area contributed by atoms with E-state index in [0.717, 1.165) is 129 Å². The van der Waals surface area contributed by atoms with Crippen LogP contribution in [-0.2, 0) is 45.7 Å². The van der Waals surface area contributed by atoms with E-state index >= 15 is 0 Å². The Hall–Kier alpha value is -5.92. The van der Waals surface area contributed by atoms with Gasteiger partial charge in [-0.05, 0) is 162 Å². The van der Waals surface area contributed by atoms with Crippen molar-refractivity contribution in [1.29, 1.82) is 0 Å². The van der Waals surface area contributed by atoms with Crippen LogP contribution >= 0.6 is 45.2 Å². The first-order valence-corrected chi connectivity index (χ1v) is 31.8. The van der Waals surface area contributed by atoms with E-state index in [9.17, 15) is 9.59 Å². The molecule has 0 saturated carbocycles. The third-order valence-electron chi connectivity index (χ3n) is 17.4. The fourth-order valence-corrected chi connectivity index (χ4v) is 10.9. The highest BCUT2D eigenvalue weighted by molar-refractivity contribution is 14.1. The van der Waals surface area contributed by atoms with Crippen LogP contribution in [0.2, 0.25) is 0 Å². The van der Waals surface area contributed by atoms with Crippen LogP contribution in [0.4, 0.5) is 0 Å². The Morgan fingerprint density at radius 2 is 1.01 bits per heavy atom. The number of carbonyl (C=O) groups is 2. The van der Waals surface area contributed by atoms with Crippen molar-refractivity contribution < 1.29 is 42.4 Å². The van der Waals surface area contributed by atoms with Crippen molar-refractivity contribution in [1.82, 2.24) is 70.1 Å². The third kappa shape index (κ3) is 14.2. The lowest BCUT2D eigenvalue weighted by molar-refractivity contribution is -0.0287. The summed E-state index contributed by atoms with van der Waals surface area (Å²) in [6.07, 6.45) is 9.92. The zero-order valence-corrected chi connectivity index (χ0v) is 57.0. The Morgan fingerprint density at radius 3 is 1.43 bits per heavy atom. The maximum Gasteiger partial charge on any atom is 0.498 e. The van der Waals surface area contributed by atoms with Gasteiger partial charge in [-0.15, -0.1) is 0 Å². The van der Waals surface area contributed by atoms with E-state index in [1.165, 1.54) is 0 Å². The molecule has 0 spiro atoms. The SMILES string of the molecule is Cc1[nH]nc(C(=O)Cc2cnc3[nH]c(I)cc3c2)c1C.Cc1[nH]ncc1B1OC(C)(C)C(C)(C)O1.Cc1nn(C2COC2)cc1-c1cc2cc(CC(=O)c3n[nH]c(C)c3C)cnc2[nH]1.Cc1nn(C2COC2)cc1B1OC(C)(C)C(C)(C)O1.IC1COC1. The Morgan fingerprint density at radius 1 is 0.568 bits per heavy atom. The van der Waals surface area contributed by atoms with Crippen molar-refractivity contribution in [2.45, 2.75) is 155 Å². The van der Waals surface area contributed by atoms with Crippen LogP contribution in [0.5, 0.6) is 0 Å². The summed E-state index contributed by atoms with van der Waals surface area (Å²) in [5, 5.41) is 32.0. The zero-order valence-electron chi connectivity index (χ0n) is 52.7. The number of hydrogen-bond acceptors (Lipinski definition) is 16. The van der Waals surface area contributed by atoms with E-state index < -0.39 is 0 Å². The molecule has 14 heterocycles. The topological polar surface area (TPSA) is 278 Å². The molecule has 466 valence electrons. The average molecular weight is 1430 g/mol. The predicted molar refractivity (Wildman–Crippen MR) is 353 cm³/mol. The number of rotatable bonds is 11. The molecule has 14 rings (SSSR count). The number of ether oxygens (including phenoxy) is 3. The average Bonchev–Trinajstić information content (AvgIpc) is 2.34. The molecule has 5 saturated heterocycles. The number of hydrogen-bond donors (Lipinski definition) is 5. The van der Waals surface area contributed by atoms with Gasteiger partial charge in [-0.25, -0.2) is 9.97 Å². The fraction of sp³-hybridized carbons (Fsp3) is 0.492. The maximum atomic E-state index is 12.6. The second-order valence-electron chi connectivity index (χ2n) is 25.1. The van der Waals surface area contributed by atoms with Gasteiger partial charge >= 0.3 is 14.2 Å². The van der Waals surface area contributed by atoms with Crippen molar-refractivity contribution in [2.24, 2.45) is 0 Å². The predicted octanol–water partition coefficient (Wildman–Crippen LogP) is 8.90. The Bertz CT molecular complexity index is 3920. The summed E-state index contributed by atoms with van der Waals surface area (Å²) in [4.78, 5) is 40.3. The quantitative estimate of drug-likeness (QED) is 0.0350. The van der Waals surface area contributed by atoms with E-state index in [0.29, 0.717) is 43.1 Å². The summed E-state index contributed by atoms with van der Waals surface area (Å²) < 4.78 is 45.0. The molecule has 0 aliphatic carbocycles. The monoisotopic (exact) mass is 1430 g/mol. The molecule has 23 nitrogen and oxygen atoms in total. The lowest BCUT2D eigenvalue weighted by Crippen LogP contribution is -2.41. The summed E-state index contributed by atoms with van der Waals surface area (Å²) in [6.45, 7) is 34.9. The Balaban J connectivity index is 0.000000129. The van der Waals surface area contributed by atoms with Crippen LogP contribution in [0, 0.1) is 52.2 Å². The lowest BCUT2D eigenvalue weighted by atomic mass is 9.79. The van der Waals surface area contributed by atoms with E-state index in [4.69, 9.17) is 32.8 Å². The van der Waals surface area contributed by atoms with Crippen LogP contribution in [0.3, 0.4) is 0 Å². The minimum atomic E-state index is -0.334. The Labute approximate surface area is 540 Å². The second kappa shape index (κ2) is 26.1. The van der Waals surface area contributed by atoms with Gasteiger partial charge in [0.15, 0.2) is 11.6 Å². The highest BCUT2D eigenvalue weighted by Crippen LogP contribution is 2.38. The summed E-state index contributed by atoms with van der Waals surface area (Å²) >= 11 is 4.58. The zero-order chi connectivity index (χ0) is 63.2. The van der Waals surface area contributed by atoms with Crippen molar-refractivity contribution in [3.63, 3.8) is 0 Å². The van der Waals surface area contributed by atoms with Crippen LogP contribution in [0.15, 0.2) is 55.2 Å². The molecule has 0 aromatic carbocycles. The van der Waals surface area contributed by atoms with E-state index in [-0.39, 0.29) is 54.6 Å². The normalized spacial score (nSPS) is 18.3. The number of Topliss-reactive ketones (excluding diaryl/α,β-unsaturated/α-hetero) is 2. The van der Waals surface area contributed by atoms with Gasteiger partial charge in [0.05, 0.1) is 98.8 Å². The minimum absolute atomic E-state index is 0.0106. The first-order chi connectivity index (χ1) is 41.6. The largest absolute Gasteiger partial charge is 0.498 e. The highest BCUT2D eigenvalue weighted by Gasteiger charge is 2.54. The van der Waals surface area contributed by atoms with Gasteiger partial charge in [-0.1, -0.05) is 22.6 Å². The Kier molecular flexibility index (Phi) is 19.3. The molecule has 27 heteroatoms. The highest BCUT2D eigenvalue weighted by atomic mass is 127. The molecule has 9 aromatic rings. The molecule has 0 unspecified atom stereocenters. The smallest absolute Gasteiger partial charge is 0.399 e. The molecular weight excluding hydrogens is 1350 g/mol. The number of alkyl halides is 1.